The van der Waals surface area contributed by atoms with Crippen molar-refractivity contribution in [3.8, 4) is 5.75 Å². The Morgan fingerprint density at radius 2 is 2.04 bits per heavy atom. The molecule has 0 spiro atoms. The van der Waals surface area contributed by atoms with Crippen molar-refractivity contribution in [3.63, 3.8) is 0 Å². The second-order valence-corrected chi connectivity index (χ2v) is 8.33. The van der Waals surface area contributed by atoms with Gasteiger partial charge >= 0.3 is 6.09 Å². The lowest BCUT2D eigenvalue weighted by Crippen LogP contribution is -2.42. The molecule has 1 aliphatic heterocycles. The van der Waals surface area contributed by atoms with E-state index < -0.39 is 12.2 Å². The number of unbranched alkanes of at least 4 members (excludes halogenated alkanes) is 3. The number of hydrogen-bond donors (Lipinski definition) is 2. The number of aliphatic hydroxyl groups is 1. The van der Waals surface area contributed by atoms with E-state index in [0.29, 0.717) is 24.9 Å². The molecule has 1 aromatic carbocycles. The predicted octanol–water partition coefficient (Wildman–Crippen LogP) is 4.90. The molecule has 0 unspecified atom stereocenters. The molecule has 0 bridgehead atoms. The molecule has 5 heteroatoms. The molecular weight excluding hydrogens is 342 g/mol. The van der Waals surface area contributed by atoms with Gasteiger partial charge in [0.05, 0.1) is 19.3 Å². The highest BCUT2D eigenvalue weighted by Crippen LogP contribution is 2.39. The molecule has 0 aliphatic carbocycles. The number of likely N-dealkylation sites (tertiary alicyclic amines) is 1. The lowest BCUT2D eigenvalue weighted by molar-refractivity contribution is 0.0350. The first-order valence-corrected chi connectivity index (χ1v) is 10.2. The van der Waals surface area contributed by atoms with Crippen LogP contribution in [0.5, 0.6) is 5.75 Å². The highest BCUT2D eigenvalue weighted by Gasteiger charge is 2.34. The van der Waals surface area contributed by atoms with Crippen molar-refractivity contribution in [2.75, 3.05) is 13.7 Å². The van der Waals surface area contributed by atoms with E-state index in [1.54, 1.807) is 4.90 Å². The number of benzene rings is 1. The second-order valence-electron chi connectivity index (χ2n) is 8.33. The van der Waals surface area contributed by atoms with E-state index in [1.807, 2.05) is 18.2 Å². The quantitative estimate of drug-likeness (QED) is 0.663. The van der Waals surface area contributed by atoms with Crippen molar-refractivity contribution in [1.29, 1.82) is 0 Å². The summed E-state index contributed by atoms with van der Waals surface area (Å²) in [4.78, 5) is 13.7. The van der Waals surface area contributed by atoms with Crippen molar-refractivity contribution in [2.24, 2.45) is 0 Å². The molecule has 1 saturated heterocycles. The Morgan fingerprint density at radius 1 is 1.30 bits per heavy atom. The van der Waals surface area contributed by atoms with Crippen LogP contribution in [0, 0.1) is 0 Å². The van der Waals surface area contributed by atoms with Crippen molar-refractivity contribution >= 4 is 6.09 Å². The van der Waals surface area contributed by atoms with Gasteiger partial charge in [0.2, 0.25) is 0 Å². The van der Waals surface area contributed by atoms with Crippen molar-refractivity contribution in [3.05, 3.63) is 29.3 Å². The summed E-state index contributed by atoms with van der Waals surface area (Å²) in [6.45, 7) is 7.04. The van der Waals surface area contributed by atoms with Crippen LogP contribution in [0.3, 0.4) is 0 Å². The number of hydrogen-bond acceptors (Lipinski definition) is 4. The highest BCUT2D eigenvalue weighted by molar-refractivity contribution is 5.68. The average Bonchev–Trinajstić information content (AvgIpc) is 2.64. The van der Waals surface area contributed by atoms with Gasteiger partial charge in [0, 0.05) is 12.1 Å². The van der Waals surface area contributed by atoms with Crippen LogP contribution in [0.15, 0.2) is 18.2 Å². The van der Waals surface area contributed by atoms with E-state index in [0.717, 1.165) is 12.0 Å². The number of piperidine rings is 1. The number of methoxy groups -OCH3 is 1. The maximum atomic E-state index is 12.1. The SMILES string of the molecule is CCCCCCC(C)(C)c1ccc([C@H]2C[C@@H](O)CCN2C(=O)OC)c(O)c1. The van der Waals surface area contributed by atoms with E-state index >= 15 is 0 Å². The number of carbonyl (C=O) groups is 1. The zero-order chi connectivity index (χ0) is 20.0. The predicted molar refractivity (Wildman–Crippen MR) is 107 cm³/mol. The number of amides is 1. The summed E-state index contributed by atoms with van der Waals surface area (Å²) < 4.78 is 4.88. The standard InChI is InChI=1S/C22H35NO4/c1-5-6-7-8-12-22(2,3)16-9-10-18(20(25)14-16)19-15-17(24)11-13-23(19)21(26)27-4/h9-10,14,17,19,24-25H,5-8,11-13,15H2,1-4H3/t17-,19+/m0/s1. The number of nitrogens with zero attached hydrogens (tertiary/aromatic N) is 1. The van der Waals surface area contributed by atoms with Gasteiger partial charge < -0.3 is 19.8 Å². The molecule has 0 saturated carbocycles. The van der Waals surface area contributed by atoms with Crippen LogP contribution < -0.4 is 0 Å². The van der Waals surface area contributed by atoms with Gasteiger partial charge in [-0.15, -0.1) is 0 Å². The van der Waals surface area contributed by atoms with Crippen molar-refractivity contribution in [1.82, 2.24) is 4.90 Å². The van der Waals surface area contributed by atoms with Crippen LogP contribution in [0.25, 0.3) is 0 Å². The molecule has 1 aliphatic rings. The third-order valence-corrected chi connectivity index (χ3v) is 5.81. The monoisotopic (exact) mass is 377 g/mol. The summed E-state index contributed by atoms with van der Waals surface area (Å²) in [5.74, 6) is 0.183. The molecule has 1 aromatic rings. The zero-order valence-electron chi connectivity index (χ0n) is 17.2. The Balaban J connectivity index is 2.20. The molecule has 0 radical (unpaired) electrons. The largest absolute Gasteiger partial charge is 0.508 e. The van der Waals surface area contributed by atoms with Crippen LogP contribution in [0.4, 0.5) is 4.79 Å². The fraction of sp³-hybridized carbons (Fsp3) is 0.682. The fourth-order valence-corrected chi connectivity index (χ4v) is 3.96. The van der Waals surface area contributed by atoms with Gasteiger partial charge in [-0.25, -0.2) is 4.79 Å². The molecule has 1 amide bonds. The number of carbonyl (C=O) groups excluding carboxylic acids is 1. The van der Waals surface area contributed by atoms with Gasteiger partial charge in [-0.3, -0.25) is 0 Å². The highest BCUT2D eigenvalue weighted by atomic mass is 16.5. The third kappa shape index (κ3) is 5.38. The summed E-state index contributed by atoms with van der Waals surface area (Å²) >= 11 is 0. The maximum absolute atomic E-state index is 12.1. The first kappa shape index (κ1) is 21.5. The van der Waals surface area contributed by atoms with Gasteiger partial charge in [-0.05, 0) is 36.3 Å². The number of rotatable bonds is 7. The fourth-order valence-electron chi connectivity index (χ4n) is 3.96. The minimum atomic E-state index is -0.481. The van der Waals surface area contributed by atoms with Crippen LogP contribution in [-0.2, 0) is 10.2 Å². The van der Waals surface area contributed by atoms with Crippen molar-refractivity contribution in [2.45, 2.75) is 83.3 Å². The Labute approximate surface area is 163 Å². The number of phenols is 1. The molecule has 1 fully saturated rings. The van der Waals surface area contributed by atoms with Gasteiger partial charge in [-0.1, -0.05) is 58.6 Å². The zero-order valence-corrected chi connectivity index (χ0v) is 17.2. The van der Waals surface area contributed by atoms with E-state index in [-0.39, 0.29) is 17.2 Å². The van der Waals surface area contributed by atoms with Gasteiger partial charge in [0.15, 0.2) is 0 Å². The van der Waals surface area contributed by atoms with E-state index in [1.165, 1.54) is 32.8 Å². The first-order valence-electron chi connectivity index (χ1n) is 10.2. The molecule has 0 aromatic heterocycles. The molecule has 27 heavy (non-hydrogen) atoms. The summed E-state index contributed by atoms with van der Waals surface area (Å²) in [5, 5.41) is 20.8. The van der Waals surface area contributed by atoms with Crippen LogP contribution in [0.1, 0.15) is 82.9 Å². The minimum Gasteiger partial charge on any atom is -0.508 e. The molecule has 2 rings (SSSR count). The molecule has 2 atom stereocenters. The Bertz CT molecular complexity index is 629. The summed E-state index contributed by atoms with van der Waals surface area (Å²) in [7, 11) is 1.36. The number of aromatic hydroxyl groups is 1. The summed E-state index contributed by atoms with van der Waals surface area (Å²) in [6.07, 6.45) is 5.98. The van der Waals surface area contributed by atoms with Crippen molar-refractivity contribution < 1.29 is 19.7 Å². The molecule has 1 heterocycles. The van der Waals surface area contributed by atoms with Gasteiger partial charge in [-0.2, -0.15) is 0 Å². The number of ether oxygens (including phenoxy) is 1. The van der Waals surface area contributed by atoms with E-state index in [2.05, 4.69) is 20.8 Å². The van der Waals surface area contributed by atoms with E-state index in [4.69, 9.17) is 4.74 Å². The van der Waals surface area contributed by atoms with Crippen LogP contribution in [0.2, 0.25) is 0 Å². The number of aliphatic hydroxyl groups excluding tert-OH is 1. The van der Waals surface area contributed by atoms with Crippen LogP contribution in [-0.4, -0.2) is 41.0 Å². The number of phenolic OH excluding ortho intramolecular Hbond substituents is 1. The van der Waals surface area contributed by atoms with E-state index in [9.17, 15) is 15.0 Å². The Kier molecular flexibility index (Phi) is 7.54. The minimum absolute atomic E-state index is 0.0160. The van der Waals surface area contributed by atoms with Gasteiger partial charge in [0.25, 0.3) is 0 Å². The second kappa shape index (κ2) is 9.45. The molecule has 5 nitrogen and oxygen atoms in total. The Hall–Kier alpha value is -1.75. The molecule has 152 valence electrons. The third-order valence-electron chi connectivity index (χ3n) is 5.81. The molecular formula is C22H35NO4. The summed E-state index contributed by atoms with van der Waals surface area (Å²) in [5.41, 5.74) is 1.75. The summed E-state index contributed by atoms with van der Waals surface area (Å²) in [6, 6.07) is 5.40. The normalized spacial score (nSPS) is 20.6. The topological polar surface area (TPSA) is 70.0 Å². The van der Waals surface area contributed by atoms with Crippen LogP contribution >= 0.6 is 0 Å². The maximum Gasteiger partial charge on any atom is 0.410 e. The smallest absolute Gasteiger partial charge is 0.410 e. The molecule has 2 N–H and O–H groups in total. The lowest BCUT2D eigenvalue weighted by Gasteiger charge is -2.37. The first-order chi connectivity index (χ1) is 12.8. The van der Waals surface area contributed by atoms with Gasteiger partial charge in [0.1, 0.15) is 5.75 Å². The Morgan fingerprint density at radius 3 is 2.67 bits per heavy atom. The average molecular weight is 378 g/mol. The lowest BCUT2D eigenvalue weighted by atomic mass is 9.79.